The normalized spacial score (nSPS) is 15.3. The van der Waals surface area contributed by atoms with Crippen LogP contribution >= 0.6 is 0 Å². The second-order valence-corrected chi connectivity index (χ2v) is 9.19. The van der Waals surface area contributed by atoms with Gasteiger partial charge in [0.25, 0.3) is 11.8 Å². The summed E-state index contributed by atoms with van der Waals surface area (Å²) in [4.78, 5) is 36.2. The third-order valence-corrected chi connectivity index (χ3v) is 6.24. The van der Waals surface area contributed by atoms with Gasteiger partial charge in [0.05, 0.1) is 12.6 Å². The number of rotatable bonds is 8. The van der Waals surface area contributed by atoms with Gasteiger partial charge in [0.2, 0.25) is 5.91 Å². The van der Waals surface area contributed by atoms with E-state index in [9.17, 15) is 19.5 Å². The molecule has 2 aromatic carbocycles. The summed E-state index contributed by atoms with van der Waals surface area (Å²) in [6, 6.07) is 12.8. The van der Waals surface area contributed by atoms with Gasteiger partial charge < -0.3 is 21.1 Å². The Hall–Kier alpha value is -3.71. The van der Waals surface area contributed by atoms with E-state index in [4.69, 9.17) is 5.21 Å². The maximum Gasteiger partial charge on any atom is 0.268 e. The lowest BCUT2D eigenvalue weighted by atomic mass is 10.1. The Balaban J connectivity index is 1.50. The highest BCUT2D eigenvalue weighted by atomic mass is 16.5. The third-order valence-electron chi connectivity index (χ3n) is 6.24. The number of anilines is 1. The molecule has 3 amide bonds. The predicted octanol–water partition coefficient (Wildman–Crippen LogP) is 2.32. The average molecular weight is 507 g/mol. The van der Waals surface area contributed by atoms with E-state index in [1.807, 2.05) is 24.3 Å². The van der Waals surface area contributed by atoms with Gasteiger partial charge in [-0.05, 0) is 68.3 Å². The number of aliphatic hydroxyl groups is 1. The minimum Gasteiger partial charge on any atom is -0.391 e. The molecule has 196 valence electrons. The summed E-state index contributed by atoms with van der Waals surface area (Å²) >= 11 is 0. The molecule has 2 atom stereocenters. The summed E-state index contributed by atoms with van der Waals surface area (Å²) in [5.41, 5.74) is 3.85. The second-order valence-electron chi connectivity index (χ2n) is 9.19. The first kappa shape index (κ1) is 27.9. The van der Waals surface area contributed by atoms with Crippen molar-refractivity contribution in [2.24, 2.45) is 0 Å². The lowest BCUT2D eigenvalue weighted by Crippen LogP contribution is -2.51. The number of nitrogens with one attached hydrogen (secondary N) is 4. The summed E-state index contributed by atoms with van der Waals surface area (Å²) in [6.45, 7) is 1.63. The lowest BCUT2D eigenvalue weighted by Gasteiger charge is -2.19. The van der Waals surface area contributed by atoms with E-state index in [1.165, 1.54) is 38.1 Å². The van der Waals surface area contributed by atoms with Gasteiger partial charge in [-0.1, -0.05) is 37.5 Å². The van der Waals surface area contributed by atoms with Crippen molar-refractivity contribution in [1.29, 1.82) is 0 Å². The number of carbonyl (C=O) groups is 3. The van der Waals surface area contributed by atoms with Gasteiger partial charge in [0, 0.05) is 28.4 Å². The van der Waals surface area contributed by atoms with Crippen molar-refractivity contribution >= 4 is 23.4 Å². The number of amides is 3. The highest BCUT2D eigenvalue weighted by molar-refractivity contribution is 5.97. The number of hydroxylamine groups is 1. The molecule has 0 aliphatic heterocycles. The zero-order valence-electron chi connectivity index (χ0n) is 20.9. The first-order chi connectivity index (χ1) is 17.9. The molecule has 0 saturated heterocycles. The van der Waals surface area contributed by atoms with E-state index in [0.717, 1.165) is 18.4 Å². The van der Waals surface area contributed by atoms with Crippen molar-refractivity contribution in [2.45, 2.75) is 63.6 Å². The van der Waals surface area contributed by atoms with Crippen LogP contribution in [0.5, 0.6) is 0 Å². The van der Waals surface area contributed by atoms with Crippen LogP contribution in [0.25, 0.3) is 0 Å². The predicted molar refractivity (Wildman–Crippen MR) is 140 cm³/mol. The lowest BCUT2D eigenvalue weighted by molar-refractivity contribution is -0.133. The molecule has 37 heavy (non-hydrogen) atoms. The minimum atomic E-state index is -1.29. The van der Waals surface area contributed by atoms with Gasteiger partial charge in [-0.2, -0.15) is 0 Å². The van der Waals surface area contributed by atoms with Crippen molar-refractivity contribution in [2.75, 3.05) is 11.9 Å². The van der Waals surface area contributed by atoms with Gasteiger partial charge >= 0.3 is 0 Å². The van der Waals surface area contributed by atoms with Crippen LogP contribution in [0, 0.1) is 11.8 Å². The summed E-state index contributed by atoms with van der Waals surface area (Å²) < 4.78 is 0. The van der Waals surface area contributed by atoms with E-state index < -0.39 is 24.0 Å². The Kier molecular flexibility index (Phi) is 10.6. The van der Waals surface area contributed by atoms with Gasteiger partial charge in [-0.25, -0.2) is 5.48 Å². The number of aliphatic hydroxyl groups excluding tert-OH is 1. The van der Waals surface area contributed by atoms with Gasteiger partial charge in [-0.15, -0.1) is 0 Å². The fourth-order valence-corrected chi connectivity index (χ4v) is 4.11. The monoisotopic (exact) mass is 506 g/mol. The van der Waals surface area contributed by atoms with Crippen LogP contribution in [0.15, 0.2) is 48.5 Å². The minimum absolute atomic E-state index is 0.0658. The van der Waals surface area contributed by atoms with E-state index in [-0.39, 0.29) is 11.5 Å². The molecular weight excluding hydrogens is 472 g/mol. The molecule has 6 N–H and O–H groups in total. The standard InChI is InChI=1S/C28H34N4O5/c1-19(33)26(28(36)32-37)31-27(35)22-14-10-20(11-15-22)8-9-21-12-16-24(17-13-21)30-25(34)18-29-23-6-4-2-3-5-7-23/h10-17,19,23,26,29,33,37H,2-7,18H2,1H3,(H,30,34)(H,31,35)(H,32,36)/t19-,26+/m1/s1. The highest BCUT2D eigenvalue weighted by Gasteiger charge is 2.25. The smallest absolute Gasteiger partial charge is 0.268 e. The maximum absolute atomic E-state index is 12.4. The molecule has 2 aromatic rings. The molecule has 1 fully saturated rings. The van der Waals surface area contributed by atoms with Crippen molar-refractivity contribution in [3.05, 3.63) is 65.2 Å². The molecule has 3 rings (SSSR count). The molecule has 9 heteroatoms. The van der Waals surface area contributed by atoms with Crippen LogP contribution in [0.1, 0.15) is 66.9 Å². The molecule has 0 spiro atoms. The van der Waals surface area contributed by atoms with Crippen LogP contribution in [0.2, 0.25) is 0 Å². The maximum atomic E-state index is 12.4. The van der Waals surface area contributed by atoms with Crippen molar-refractivity contribution in [1.82, 2.24) is 16.1 Å². The third kappa shape index (κ3) is 9.03. The Morgan fingerprint density at radius 2 is 1.49 bits per heavy atom. The van der Waals surface area contributed by atoms with Crippen LogP contribution in [0.4, 0.5) is 5.69 Å². The molecule has 0 radical (unpaired) electrons. The summed E-state index contributed by atoms with van der Waals surface area (Å²) in [5.74, 6) is 4.51. The van der Waals surface area contributed by atoms with Crippen molar-refractivity contribution < 1.29 is 24.7 Å². The Bertz CT molecular complexity index is 1110. The molecule has 1 aliphatic rings. The first-order valence-electron chi connectivity index (χ1n) is 12.5. The first-order valence-corrected chi connectivity index (χ1v) is 12.5. The zero-order chi connectivity index (χ0) is 26.6. The fourth-order valence-electron chi connectivity index (χ4n) is 4.11. The molecule has 9 nitrogen and oxygen atoms in total. The van der Waals surface area contributed by atoms with Crippen LogP contribution < -0.4 is 21.4 Å². The quantitative estimate of drug-likeness (QED) is 0.141. The fraction of sp³-hybridized carbons (Fsp3) is 0.393. The molecular formula is C28H34N4O5. The Labute approximate surface area is 217 Å². The number of carbonyl (C=O) groups excluding carboxylic acids is 3. The van der Waals surface area contributed by atoms with Crippen LogP contribution in [0.3, 0.4) is 0 Å². The summed E-state index contributed by atoms with van der Waals surface area (Å²) in [7, 11) is 0. The van der Waals surface area contributed by atoms with E-state index in [0.29, 0.717) is 23.8 Å². The summed E-state index contributed by atoms with van der Waals surface area (Å²) in [6.07, 6.45) is 6.06. The largest absolute Gasteiger partial charge is 0.391 e. The second kappa shape index (κ2) is 14.1. The highest BCUT2D eigenvalue weighted by Crippen LogP contribution is 2.17. The van der Waals surface area contributed by atoms with Gasteiger partial charge in [0.1, 0.15) is 6.04 Å². The Morgan fingerprint density at radius 1 is 0.919 bits per heavy atom. The molecule has 0 unspecified atom stereocenters. The van der Waals surface area contributed by atoms with Crippen LogP contribution in [-0.4, -0.2) is 52.8 Å². The van der Waals surface area contributed by atoms with Crippen molar-refractivity contribution in [3.8, 4) is 11.8 Å². The number of benzene rings is 2. The molecule has 1 aliphatic carbocycles. The number of hydrogen-bond acceptors (Lipinski definition) is 6. The zero-order valence-corrected chi connectivity index (χ0v) is 20.9. The SMILES string of the molecule is C[C@@H](O)[C@H](NC(=O)c1ccc(C#Cc2ccc(NC(=O)CNC3CCCCCC3)cc2)cc1)C(=O)NO. The van der Waals surface area contributed by atoms with Crippen molar-refractivity contribution in [3.63, 3.8) is 0 Å². The molecule has 0 aromatic heterocycles. The van der Waals surface area contributed by atoms with E-state index >= 15 is 0 Å². The molecule has 0 heterocycles. The number of hydrogen-bond donors (Lipinski definition) is 6. The topological polar surface area (TPSA) is 140 Å². The summed E-state index contributed by atoms with van der Waals surface area (Å²) in [5, 5.41) is 27.0. The average Bonchev–Trinajstić information content (AvgIpc) is 3.18. The van der Waals surface area contributed by atoms with Crippen LogP contribution in [-0.2, 0) is 9.59 Å². The van der Waals surface area contributed by atoms with E-state index in [2.05, 4.69) is 27.8 Å². The Morgan fingerprint density at radius 3 is 2.03 bits per heavy atom. The molecule has 1 saturated carbocycles. The van der Waals surface area contributed by atoms with Gasteiger partial charge in [-0.3, -0.25) is 19.6 Å². The van der Waals surface area contributed by atoms with E-state index in [1.54, 1.807) is 24.3 Å². The van der Waals surface area contributed by atoms with Gasteiger partial charge in [0.15, 0.2) is 0 Å². The molecule has 0 bridgehead atoms.